The molecule has 4 nitrogen and oxygen atoms in total. The number of carbonyl (C=O) groups excluding carboxylic acids is 1. The van der Waals surface area contributed by atoms with E-state index in [0.717, 1.165) is 31.8 Å². The summed E-state index contributed by atoms with van der Waals surface area (Å²) in [5, 5.41) is 2.85. The van der Waals surface area contributed by atoms with E-state index >= 15 is 0 Å². The van der Waals surface area contributed by atoms with Gasteiger partial charge in [0.25, 0.3) is 5.91 Å². The second-order valence-electron chi connectivity index (χ2n) is 6.42. The molecule has 0 radical (unpaired) electrons. The second-order valence-corrected chi connectivity index (χ2v) is 6.42. The molecule has 0 unspecified atom stereocenters. The molecule has 1 N–H and O–H groups in total. The average Bonchev–Trinajstić information content (AvgIpc) is 2.62. The Labute approximate surface area is 147 Å². The smallest absolute Gasteiger partial charge is 0.251 e. The molecule has 0 aromatic heterocycles. The summed E-state index contributed by atoms with van der Waals surface area (Å²) >= 11 is 0. The number of hydrogen-bond donors (Lipinski definition) is 1. The molecule has 3 rings (SSSR count). The lowest BCUT2D eigenvalue weighted by Crippen LogP contribution is -2.40. The second kappa shape index (κ2) is 8.23. The fourth-order valence-corrected chi connectivity index (χ4v) is 2.94. The summed E-state index contributed by atoms with van der Waals surface area (Å²) in [4.78, 5) is 14.6. The zero-order valence-corrected chi connectivity index (χ0v) is 14.4. The minimum Gasteiger partial charge on any atom is -0.376 e. The van der Waals surface area contributed by atoms with Crippen LogP contribution in [0.1, 0.15) is 28.4 Å². The van der Waals surface area contributed by atoms with Crippen LogP contribution >= 0.6 is 0 Å². The molecule has 1 fully saturated rings. The molecule has 0 spiro atoms. The highest BCUT2D eigenvalue weighted by Gasteiger charge is 2.16. The number of morpholine rings is 1. The third kappa shape index (κ3) is 5.11. The van der Waals surface area contributed by atoms with E-state index in [0.29, 0.717) is 12.1 Å². The Balaban J connectivity index is 1.52. The molecule has 0 aliphatic carbocycles. The molecule has 2 aromatic rings. The lowest BCUT2D eigenvalue weighted by molar-refractivity contribution is -0.0212. The summed E-state index contributed by atoms with van der Waals surface area (Å²) in [6.45, 7) is 5.97. The van der Waals surface area contributed by atoms with E-state index < -0.39 is 0 Å². The Morgan fingerprint density at radius 2 is 1.84 bits per heavy atom. The van der Waals surface area contributed by atoms with Crippen molar-refractivity contribution in [3.8, 4) is 0 Å². The van der Waals surface area contributed by atoms with Gasteiger partial charge in [-0.25, -0.2) is 4.39 Å². The molecule has 5 heteroatoms. The third-order valence-corrected chi connectivity index (χ3v) is 4.31. The number of hydrogen-bond acceptors (Lipinski definition) is 3. The topological polar surface area (TPSA) is 41.6 Å². The van der Waals surface area contributed by atoms with E-state index in [4.69, 9.17) is 4.74 Å². The van der Waals surface area contributed by atoms with E-state index in [-0.39, 0.29) is 17.8 Å². The largest absolute Gasteiger partial charge is 0.376 e. The summed E-state index contributed by atoms with van der Waals surface area (Å²) in [6, 6.07) is 13.8. The van der Waals surface area contributed by atoms with Gasteiger partial charge < -0.3 is 10.1 Å². The number of benzene rings is 2. The highest BCUT2D eigenvalue weighted by Crippen LogP contribution is 2.12. The van der Waals surface area contributed by atoms with Crippen molar-refractivity contribution >= 4 is 5.91 Å². The molecular formula is C20H23FN2O2. The predicted octanol–water partition coefficient (Wildman–Crippen LogP) is 2.98. The molecule has 1 aliphatic heterocycles. The van der Waals surface area contributed by atoms with E-state index in [1.165, 1.54) is 17.7 Å². The van der Waals surface area contributed by atoms with Crippen molar-refractivity contribution in [2.45, 2.75) is 26.1 Å². The number of halogens is 1. The van der Waals surface area contributed by atoms with Gasteiger partial charge in [-0.3, -0.25) is 9.69 Å². The molecule has 25 heavy (non-hydrogen) atoms. The summed E-state index contributed by atoms with van der Waals surface area (Å²) < 4.78 is 18.4. The van der Waals surface area contributed by atoms with Crippen molar-refractivity contribution in [1.82, 2.24) is 10.2 Å². The third-order valence-electron chi connectivity index (χ3n) is 4.31. The maximum atomic E-state index is 12.9. The van der Waals surface area contributed by atoms with Gasteiger partial charge in [0, 0.05) is 31.7 Å². The zero-order valence-electron chi connectivity index (χ0n) is 14.4. The first kappa shape index (κ1) is 17.6. The Hall–Kier alpha value is -2.24. The van der Waals surface area contributed by atoms with Crippen molar-refractivity contribution in [2.24, 2.45) is 0 Å². The summed E-state index contributed by atoms with van der Waals surface area (Å²) in [5.74, 6) is -0.406. The van der Waals surface area contributed by atoms with Crippen molar-refractivity contribution < 1.29 is 13.9 Å². The molecule has 2 aromatic carbocycles. The van der Waals surface area contributed by atoms with Gasteiger partial charge in [0.15, 0.2) is 0 Å². The minimum absolute atomic E-state index is 0.129. The molecule has 132 valence electrons. The Morgan fingerprint density at radius 3 is 2.52 bits per heavy atom. The Kier molecular flexibility index (Phi) is 5.79. The number of carbonyl (C=O) groups is 1. The molecule has 1 atom stereocenters. The van der Waals surface area contributed by atoms with Gasteiger partial charge in [0.1, 0.15) is 5.82 Å². The fourth-order valence-electron chi connectivity index (χ4n) is 2.94. The van der Waals surface area contributed by atoms with Crippen LogP contribution in [0.2, 0.25) is 0 Å². The summed E-state index contributed by atoms with van der Waals surface area (Å²) in [7, 11) is 0. The van der Waals surface area contributed by atoms with Crippen molar-refractivity contribution in [3.05, 3.63) is 71.0 Å². The molecule has 1 aliphatic rings. The zero-order chi connectivity index (χ0) is 17.6. The lowest BCUT2D eigenvalue weighted by atomic mass is 10.1. The van der Waals surface area contributed by atoms with Crippen LogP contribution in [0.5, 0.6) is 0 Å². The number of ether oxygens (including phenoxy) is 1. The lowest BCUT2D eigenvalue weighted by Gasteiger charge is -2.31. The number of nitrogens with zero attached hydrogens (tertiary/aromatic N) is 1. The van der Waals surface area contributed by atoms with Gasteiger partial charge in [-0.1, -0.05) is 24.3 Å². The van der Waals surface area contributed by atoms with Gasteiger partial charge in [-0.05, 0) is 42.3 Å². The number of amides is 1. The van der Waals surface area contributed by atoms with Crippen LogP contribution < -0.4 is 5.32 Å². The van der Waals surface area contributed by atoms with Crippen LogP contribution in [-0.2, 0) is 17.8 Å². The maximum absolute atomic E-state index is 12.9. The maximum Gasteiger partial charge on any atom is 0.251 e. The average molecular weight is 342 g/mol. The van der Waals surface area contributed by atoms with E-state index in [1.54, 1.807) is 12.1 Å². The minimum atomic E-state index is -0.277. The molecule has 0 saturated carbocycles. The molecule has 1 amide bonds. The van der Waals surface area contributed by atoms with Crippen LogP contribution in [0.4, 0.5) is 4.39 Å². The van der Waals surface area contributed by atoms with Crippen LogP contribution in [0, 0.1) is 5.82 Å². The highest BCUT2D eigenvalue weighted by molar-refractivity contribution is 5.94. The van der Waals surface area contributed by atoms with E-state index in [2.05, 4.69) is 17.1 Å². The van der Waals surface area contributed by atoms with Gasteiger partial charge in [0.05, 0.1) is 12.7 Å². The quantitative estimate of drug-likeness (QED) is 0.908. The van der Waals surface area contributed by atoms with Gasteiger partial charge in [0.2, 0.25) is 0 Å². The molecular weight excluding hydrogens is 319 g/mol. The monoisotopic (exact) mass is 342 g/mol. The predicted molar refractivity (Wildman–Crippen MR) is 94.7 cm³/mol. The van der Waals surface area contributed by atoms with E-state index in [9.17, 15) is 9.18 Å². The Bertz CT molecular complexity index is 701. The van der Waals surface area contributed by atoms with Crippen LogP contribution in [-0.4, -0.2) is 36.6 Å². The Morgan fingerprint density at radius 1 is 1.16 bits per heavy atom. The first-order valence-electron chi connectivity index (χ1n) is 8.56. The first-order chi connectivity index (χ1) is 12.1. The van der Waals surface area contributed by atoms with E-state index in [1.807, 2.05) is 24.3 Å². The fraction of sp³-hybridized carbons (Fsp3) is 0.350. The van der Waals surface area contributed by atoms with Crippen LogP contribution in [0.15, 0.2) is 48.5 Å². The van der Waals surface area contributed by atoms with Crippen molar-refractivity contribution in [1.29, 1.82) is 0 Å². The van der Waals surface area contributed by atoms with Gasteiger partial charge in [-0.2, -0.15) is 0 Å². The van der Waals surface area contributed by atoms with Crippen LogP contribution in [0.3, 0.4) is 0 Å². The highest BCUT2D eigenvalue weighted by atomic mass is 19.1. The standard InChI is InChI=1S/C20H23FN2O2/c1-15-13-23(10-11-25-15)14-17-2-6-18(7-3-17)20(24)22-12-16-4-8-19(21)9-5-16/h2-9,15H,10-14H2,1H3,(H,22,24)/t15-/m0/s1. The number of rotatable bonds is 5. The van der Waals surface area contributed by atoms with Gasteiger partial charge >= 0.3 is 0 Å². The van der Waals surface area contributed by atoms with Crippen molar-refractivity contribution in [2.75, 3.05) is 19.7 Å². The first-order valence-corrected chi connectivity index (χ1v) is 8.56. The summed E-state index contributed by atoms with van der Waals surface area (Å²) in [5.41, 5.74) is 2.68. The van der Waals surface area contributed by atoms with Crippen molar-refractivity contribution in [3.63, 3.8) is 0 Å². The van der Waals surface area contributed by atoms with Crippen LogP contribution in [0.25, 0.3) is 0 Å². The molecule has 1 heterocycles. The molecule has 1 saturated heterocycles. The van der Waals surface area contributed by atoms with Gasteiger partial charge in [-0.15, -0.1) is 0 Å². The summed E-state index contributed by atoms with van der Waals surface area (Å²) in [6.07, 6.45) is 0.269. The normalized spacial score (nSPS) is 18.1. The SMILES string of the molecule is C[C@H]1CN(Cc2ccc(C(=O)NCc3ccc(F)cc3)cc2)CCO1. The molecule has 0 bridgehead atoms. The number of nitrogens with one attached hydrogen (secondary N) is 1.